The lowest BCUT2D eigenvalue weighted by Crippen LogP contribution is -2.35. The third-order valence-electron chi connectivity index (χ3n) is 2.49. The molecule has 80 valence electrons. The Bertz CT molecular complexity index is 344. The van der Waals surface area contributed by atoms with E-state index in [1.165, 1.54) is 0 Å². The van der Waals surface area contributed by atoms with Gasteiger partial charge in [0.2, 0.25) is 5.91 Å². The van der Waals surface area contributed by atoms with Crippen molar-refractivity contribution in [2.24, 2.45) is 0 Å². The summed E-state index contributed by atoms with van der Waals surface area (Å²) in [5, 5.41) is 6.67. The topological polar surface area (TPSA) is 41.1 Å². The second kappa shape index (κ2) is 4.64. The average molecular weight is 225 g/mol. The van der Waals surface area contributed by atoms with Gasteiger partial charge in [-0.15, -0.1) is 0 Å². The molecule has 0 saturated carbocycles. The third-order valence-corrected chi connectivity index (χ3v) is 2.74. The largest absolute Gasteiger partial charge is 0.325 e. The number of rotatable bonds is 2. The minimum Gasteiger partial charge on any atom is -0.325 e. The molecule has 0 spiro atoms. The highest BCUT2D eigenvalue weighted by Gasteiger charge is 2.21. The van der Waals surface area contributed by atoms with Crippen LogP contribution < -0.4 is 10.6 Å². The zero-order valence-corrected chi connectivity index (χ0v) is 9.05. The van der Waals surface area contributed by atoms with E-state index in [9.17, 15) is 4.79 Å². The van der Waals surface area contributed by atoms with Crippen LogP contribution >= 0.6 is 11.6 Å². The van der Waals surface area contributed by atoms with Gasteiger partial charge in [-0.3, -0.25) is 4.79 Å². The Labute approximate surface area is 93.8 Å². The molecule has 1 aliphatic rings. The molecule has 1 saturated heterocycles. The third kappa shape index (κ3) is 2.70. The minimum absolute atomic E-state index is 0.0369. The van der Waals surface area contributed by atoms with Crippen molar-refractivity contribution in [3.05, 3.63) is 29.3 Å². The highest BCUT2D eigenvalue weighted by molar-refractivity contribution is 6.30. The summed E-state index contributed by atoms with van der Waals surface area (Å²) in [6, 6.07) is 7.09. The van der Waals surface area contributed by atoms with Gasteiger partial charge in [0.15, 0.2) is 0 Å². The smallest absolute Gasteiger partial charge is 0.241 e. The van der Waals surface area contributed by atoms with E-state index in [2.05, 4.69) is 10.6 Å². The summed E-state index contributed by atoms with van der Waals surface area (Å²) in [7, 11) is 0. The van der Waals surface area contributed by atoms with E-state index in [0.29, 0.717) is 5.02 Å². The predicted octanol–water partition coefficient (Wildman–Crippen LogP) is 2.03. The highest BCUT2D eigenvalue weighted by atomic mass is 35.5. The number of hydrogen-bond donors (Lipinski definition) is 2. The molecule has 1 heterocycles. The molecule has 1 aliphatic heterocycles. The Morgan fingerprint density at radius 1 is 1.40 bits per heavy atom. The van der Waals surface area contributed by atoms with E-state index in [1.807, 2.05) is 0 Å². The molecule has 1 aromatic rings. The monoisotopic (exact) mass is 224 g/mol. The molecule has 1 aromatic carbocycles. The van der Waals surface area contributed by atoms with Gasteiger partial charge in [-0.05, 0) is 43.7 Å². The van der Waals surface area contributed by atoms with Gasteiger partial charge in [0.25, 0.3) is 0 Å². The van der Waals surface area contributed by atoms with E-state index in [4.69, 9.17) is 11.6 Å². The van der Waals surface area contributed by atoms with E-state index in [1.54, 1.807) is 24.3 Å². The lowest BCUT2D eigenvalue weighted by Gasteiger charge is -2.10. The van der Waals surface area contributed by atoms with Gasteiger partial charge in [-0.25, -0.2) is 0 Å². The van der Waals surface area contributed by atoms with Crippen molar-refractivity contribution in [3.8, 4) is 0 Å². The summed E-state index contributed by atoms with van der Waals surface area (Å²) in [6.07, 6.45) is 1.98. The number of carbonyl (C=O) groups excluding carboxylic acids is 1. The van der Waals surface area contributed by atoms with Gasteiger partial charge < -0.3 is 10.6 Å². The predicted molar refractivity (Wildman–Crippen MR) is 61.1 cm³/mol. The van der Waals surface area contributed by atoms with Crippen molar-refractivity contribution in [2.45, 2.75) is 18.9 Å². The summed E-state index contributed by atoms with van der Waals surface area (Å²) < 4.78 is 0. The second-order valence-corrected chi connectivity index (χ2v) is 4.08. The molecule has 1 fully saturated rings. The van der Waals surface area contributed by atoms with Gasteiger partial charge in [0.05, 0.1) is 6.04 Å². The molecule has 0 aliphatic carbocycles. The molecule has 4 heteroatoms. The fourth-order valence-electron chi connectivity index (χ4n) is 1.67. The van der Waals surface area contributed by atoms with E-state index in [0.717, 1.165) is 25.1 Å². The number of nitrogens with one attached hydrogen (secondary N) is 2. The molecule has 0 aromatic heterocycles. The quantitative estimate of drug-likeness (QED) is 0.807. The number of halogens is 1. The maximum atomic E-state index is 11.7. The number of anilines is 1. The number of amides is 1. The molecule has 0 radical (unpaired) electrons. The first-order chi connectivity index (χ1) is 7.25. The first-order valence-electron chi connectivity index (χ1n) is 5.05. The molecule has 1 amide bonds. The Kier molecular flexibility index (Phi) is 3.23. The van der Waals surface area contributed by atoms with Gasteiger partial charge in [0.1, 0.15) is 0 Å². The van der Waals surface area contributed by atoms with Crippen molar-refractivity contribution >= 4 is 23.2 Å². The van der Waals surface area contributed by atoms with Crippen LogP contribution in [-0.4, -0.2) is 18.5 Å². The van der Waals surface area contributed by atoms with Crippen molar-refractivity contribution in [2.75, 3.05) is 11.9 Å². The van der Waals surface area contributed by atoms with Crippen LogP contribution in [0.1, 0.15) is 12.8 Å². The molecule has 1 atom stereocenters. The summed E-state index contributed by atoms with van der Waals surface area (Å²) in [4.78, 5) is 11.7. The Morgan fingerprint density at radius 3 is 2.73 bits per heavy atom. The fourth-order valence-corrected chi connectivity index (χ4v) is 1.80. The van der Waals surface area contributed by atoms with Crippen LogP contribution in [0.3, 0.4) is 0 Å². The van der Waals surface area contributed by atoms with Gasteiger partial charge in [0, 0.05) is 10.7 Å². The van der Waals surface area contributed by atoms with Crippen LogP contribution in [0.15, 0.2) is 24.3 Å². The van der Waals surface area contributed by atoms with E-state index >= 15 is 0 Å². The number of hydrogen-bond acceptors (Lipinski definition) is 2. The highest BCUT2D eigenvalue weighted by Crippen LogP contribution is 2.14. The molecule has 2 rings (SSSR count). The normalized spacial score (nSPS) is 20.2. The zero-order valence-electron chi connectivity index (χ0n) is 8.29. The summed E-state index contributed by atoms with van der Waals surface area (Å²) >= 11 is 5.75. The van der Waals surface area contributed by atoms with Gasteiger partial charge in [-0.1, -0.05) is 11.6 Å². The average Bonchev–Trinajstić information content (AvgIpc) is 2.74. The zero-order chi connectivity index (χ0) is 10.7. The van der Waals surface area contributed by atoms with Crippen LogP contribution in [0.5, 0.6) is 0 Å². The summed E-state index contributed by atoms with van der Waals surface area (Å²) in [5.74, 6) is 0.0369. The second-order valence-electron chi connectivity index (χ2n) is 3.65. The van der Waals surface area contributed by atoms with Gasteiger partial charge >= 0.3 is 0 Å². The lowest BCUT2D eigenvalue weighted by atomic mass is 10.2. The lowest BCUT2D eigenvalue weighted by molar-refractivity contribution is -0.117. The molecule has 15 heavy (non-hydrogen) atoms. The molecule has 0 unspecified atom stereocenters. The summed E-state index contributed by atoms with van der Waals surface area (Å²) in [6.45, 7) is 0.929. The van der Waals surface area contributed by atoms with Crippen LogP contribution in [-0.2, 0) is 4.79 Å². The Balaban J connectivity index is 1.96. The minimum atomic E-state index is -0.0410. The Hall–Kier alpha value is -1.06. The molecule has 3 nitrogen and oxygen atoms in total. The molecular formula is C11H13ClN2O. The fraction of sp³-hybridized carbons (Fsp3) is 0.364. The molecule has 0 bridgehead atoms. The van der Waals surface area contributed by atoms with Crippen molar-refractivity contribution < 1.29 is 4.79 Å². The van der Waals surface area contributed by atoms with Gasteiger partial charge in [-0.2, -0.15) is 0 Å². The van der Waals surface area contributed by atoms with Crippen LogP contribution in [0.4, 0.5) is 5.69 Å². The Morgan fingerprint density at radius 2 is 2.13 bits per heavy atom. The van der Waals surface area contributed by atoms with Crippen LogP contribution in [0.25, 0.3) is 0 Å². The number of benzene rings is 1. The van der Waals surface area contributed by atoms with Crippen LogP contribution in [0, 0.1) is 0 Å². The van der Waals surface area contributed by atoms with E-state index in [-0.39, 0.29) is 11.9 Å². The first-order valence-corrected chi connectivity index (χ1v) is 5.43. The first kappa shape index (κ1) is 10.5. The van der Waals surface area contributed by atoms with Crippen molar-refractivity contribution in [3.63, 3.8) is 0 Å². The standard InChI is InChI=1S/C11H13ClN2O/c12-8-3-5-9(6-4-8)14-11(15)10-2-1-7-13-10/h3-6,10,13H,1-2,7H2,(H,14,15)/t10-/m1/s1. The molecular weight excluding hydrogens is 212 g/mol. The molecule has 2 N–H and O–H groups in total. The maximum Gasteiger partial charge on any atom is 0.241 e. The van der Waals surface area contributed by atoms with Crippen molar-refractivity contribution in [1.82, 2.24) is 5.32 Å². The van der Waals surface area contributed by atoms with Crippen molar-refractivity contribution in [1.29, 1.82) is 0 Å². The van der Waals surface area contributed by atoms with Crippen LogP contribution in [0.2, 0.25) is 5.02 Å². The van der Waals surface area contributed by atoms with E-state index < -0.39 is 0 Å². The number of carbonyl (C=O) groups is 1. The summed E-state index contributed by atoms with van der Waals surface area (Å²) in [5.41, 5.74) is 0.790. The SMILES string of the molecule is O=C(Nc1ccc(Cl)cc1)[C@H]1CCCN1. The maximum absolute atomic E-state index is 11.7.